The smallest absolute Gasteiger partial charge is 0.230 e. The molecule has 4 rings (SSSR count). The van der Waals surface area contributed by atoms with Crippen molar-refractivity contribution < 1.29 is 9.53 Å². The highest BCUT2D eigenvalue weighted by Gasteiger charge is 2.42. The van der Waals surface area contributed by atoms with E-state index in [0.717, 1.165) is 32.5 Å². The first kappa shape index (κ1) is 16.1. The summed E-state index contributed by atoms with van der Waals surface area (Å²) in [6, 6.07) is 4.43. The van der Waals surface area contributed by atoms with E-state index in [1.165, 1.54) is 5.56 Å². The number of hydrogen-bond acceptors (Lipinski definition) is 6. The largest absolute Gasteiger partial charge is 0.377 e. The van der Waals surface area contributed by atoms with Gasteiger partial charge in [0.2, 0.25) is 5.91 Å². The number of nitrogens with one attached hydrogen (secondary N) is 1. The number of nitrogens with zero attached hydrogens (tertiary/aromatic N) is 4. The number of aromatic nitrogens is 3. The summed E-state index contributed by atoms with van der Waals surface area (Å²) in [5, 5.41) is 2.87. The Labute approximate surface area is 146 Å². The van der Waals surface area contributed by atoms with Crippen LogP contribution in [-0.2, 0) is 16.1 Å². The summed E-state index contributed by atoms with van der Waals surface area (Å²) in [4.78, 5) is 27.2. The molecule has 7 heteroatoms. The Kier molecular flexibility index (Phi) is 4.67. The molecule has 7 nitrogen and oxygen atoms in total. The number of carbonyl (C=O) groups excluding carboxylic acids is 1. The number of pyridine rings is 1. The monoisotopic (exact) mass is 339 g/mol. The molecule has 2 aromatic rings. The maximum Gasteiger partial charge on any atom is 0.230 e. The van der Waals surface area contributed by atoms with E-state index in [2.05, 4.69) is 25.2 Å². The predicted molar refractivity (Wildman–Crippen MR) is 91.6 cm³/mol. The number of rotatable bonds is 4. The van der Waals surface area contributed by atoms with Crippen LogP contribution >= 0.6 is 0 Å². The van der Waals surface area contributed by atoms with Crippen molar-refractivity contribution in [3.63, 3.8) is 0 Å². The zero-order chi connectivity index (χ0) is 17.1. The molecule has 25 heavy (non-hydrogen) atoms. The van der Waals surface area contributed by atoms with E-state index in [0.29, 0.717) is 11.9 Å². The molecule has 2 aliphatic heterocycles. The van der Waals surface area contributed by atoms with Crippen LogP contribution in [0, 0.1) is 5.92 Å². The molecule has 2 aliphatic rings. The Morgan fingerprint density at radius 3 is 2.92 bits per heavy atom. The van der Waals surface area contributed by atoms with Gasteiger partial charge in [0, 0.05) is 50.5 Å². The number of hydrogen-bond donors (Lipinski definition) is 1. The number of likely N-dealkylation sites (tertiary alicyclic amines) is 1. The summed E-state index contributed by atoms with van der Waals surface area (Å²) in [5.74, 6) is 0.347. The predicted octanol–water partition coefficient (Wildman–Crippen LogP) is 1.49. The molecule has 0 radical (unpaired) electrons. The average molecular weight is 339 g/mol. The fraction of sp³-hybridized carbons (Fsp3) is 0.444. The molecular formula is C18H21N5O2. The number of amides is 1. The van der Waals surface area contributed by atoms with Crippen molar-refractivity contribution in [2.45, 2.75) is 31.5 Å². The third-order valence-electron chi connectivity index (χ3n) is 4.94. The fourth-order valence-electron chi connectivity index (χ4n) is 3.74. The van der Waals surface area contributed by atoms with Gasteiger partial charge in [-0.3, -0.25) is 19.7 Å². The molecule has 4 heterocycles. The van der Waals surface area contributed by atoms with Gasteiger partial charge < -0.3 is 10.1 Å². The SMILES string of the molecule is O=C(Nc1cnccn1)[C@@H]1C[C@@H]2OCC[C@@H]2N(Cc2ccncc2)C1. The minimum Gasteiger partial charge on any atom is -0.377 e. The topological polar surface area (TPSA) is 80.2 Å². The minimum absolute atomic E-state index is 0.0193. The Bertz CT molecular complexity index is 712. The first-order chi connectivity index (χ1) is 12.3. The van der Waals surface area contributed by atoms with E-state index in [1.54, 1.807) is 31.0 Å². The first-order valence-electron chi connectivity index (χ1n) is 8.61. The summed E-state index contributed by atoms with van der Waals surface area (Å²) >= 11 is 0. The highest BCUT2D eigenvalue weighted by Crippen LogP contribution is 2.32. The molecule has 2 fully saturated rings. The number of piperidine rings is 1. The minimum atomic E-state index is -0.122. The second kappa shape index (κ2) is 7.25. The van der Waals surface area contributed by atoms with Gasteiger partial charge in [-0.15, -0.1) is 0 Å². The standard InChI is InChI=1S/C18H21N5O2/c24-18(22-17-10-20-6-7-21-17)14-9-16-15(3-8-25-16)23(12-14)11-13-1-4-19-5-2-13/h1-2,4-7,10,14-16H,3,8-9,11-12H2,(H,21,22,24)/t14-,15+,16+/m1/s1. The molecular weight excluding hydrogens is 318 g/mol. The van der Waals surface area contributed by atoms with Gasteiger partial charge in [-0.25, -0.2) is 4.98 Å². The van der Waals surface area contributed by atoms with Crippen LogP contribution in [0.5, 0.6) is 0 Å². The van der Waals surface area contributed by atoms with Crippen LogP contribution in [0.1, 0.15) is 18.4 Å². The maximum atomic E-state index is 12.7. The van der Waals surface area contributed by atoms with Gasteiger partial charge in [-0.05, 0) is 30.5 Å². The van der Waals surface area contributed by atoms with Crippen molar-refractivity contribution >= 4 is 11.7 Å². The lowest BCUT2D eigenvalue weighted by Gasteiger charge is -2.40. The van der Waals surface area contributed by atoms with Gasteiger partial charge in [0.1, 0.15) is 0 Å². The lowest BCUT2D eigenvalue weighted by Crippen LogP contribution is -2.51. The lowest BCUT2D eigenvalue weighted by molar-refractivity contribution is -0.124. The number of ether oxygens (including phenoxy) is 1. The second-order valence-electron chi connectivity index (χ2n) is 6.56. The van der Waals surface area contributed by atoms with Crippen molar-refractivity contribution in [2.75, 3.05) is 18.5 Å². The van der Waals surface area contributed by atoms with Crippen molar-refractivity contribution in [2.24, 2.45) is 5.92 Å². The molecule has 0 bridgehead atoms. The van der Waals surface area contributed by atoms with E-state index in [4.69, 9.17) is 4.74 Å². The Morgan fingerprint density at radius 2 is 2.12 bits per heavy atom. The van der Waals surface area contributed by atoms with Crippen molar-refractivity contribution in [3.8, 4) is 0 Å². The third kappa shape index (κ3) is 3.67. The van der Waals surface area contributed by atoms with Crippen molar-refractivity contribution in [3.05, 3.63) is 48.7 Å². The van der Waals surface area contributed by atoms with Gasteiger partial charge in [0.15, 0.2) is 5.82 Å². The van der Waals surface area contributed by atoms with Crippen LogP contribution in [-0.4, -0.2) is 51.1 Å². The molecule has 0 unspecified atom stereocenters. The molecule has 0 aliphatic carbocycles. The van der Waals surface area contributed by atoms with E-state index >= 15 is 0 Å². The third-order valence-corrected chi connectivity index (χ3v) is 4.94. The summed E-state index contributed by atoms with van der Waals surface area (Å²) < 4.78 is 5.89. The summed E-state index contributed by atoms with van der Waals surface area (Å²) in [5.41, 5.74) is 1.20. The van der Waals surface area contributed by atoms with E-state index < -0.39 is 0 Å². The van der Waals surface area contributed by atoms with Crippen molar-refractivity contribution in [1.82, 2.24) is 19.9 Å². The van der Waals surface area contributed by atoms with Crippen molar-refractivity contribution in [1.29, 1.82) is 0 Å². The zero-order valence-electron chi connectivity index (χ0n) is 13.9. The normalized spacial score (nSPS) is 26.2. The Balaban J connectivity index is 1.47. The average Bonchev–Trinajstić information content (AvgIpc) is 3.12. The highest BCUT2D eigenvalue weighted by atomic mass is 16.5. The van der Waals surface area contributed by atoms with Gasteiger partial charge in [-0.1, -0.05) is 0 Å². The summed E-state index contributed by atoms with van der Waals surface area (Å²) in [7, 11) is 0. The quantitative estimate of drug-likeness (QED) is 0.909. The second-order valence-corrected chi connectivity index (χ2v) is 6.56. The van der Waals surface area contributed by atoms with E-state index in [-0.39, 0.29) is 17.9 Å². The van der Waals surface area contributed by atoms with Crippen LogP contribution in [0.2, 0.25) is 0 Å². The molecule has 2 saturated heterocycles. The zero-order valence-corrected chi connectivity index (χ0v) is 13.9. The first-order valence-corrected chi connectivity index (χ1v) is 8.61. The van der Waals surface area contributed by atoms with E-state index in [1.807, 2.05) is 12.1 Å². The highest BCUT2D eigenvalue weighted by molar-refractivity contribution is 5.91. The number of fused-ring (bicyclic) bond motifs is 1. The molecule has 1 amide bonds. The van der Waals surface area contributed by atoms with Crippen LogP contribution in [0.4, 0.5) is 5.82 Å². The Morgan fingerprint density at radius 1 is 1.24 bits per heavy atom. The summed E-state index contributed by atoms with van der Waals surface area (Å²) in [6.07, 6.45) is 10.2. The van der Waals surface area contributed by atoms with Gasteiger partial charge in [0.25, 0.3) is 0 Å². The molecule has 130 valence electrons. The molecule has 0 aromatic carbocycles. The van der Waals surface area contributed by atoms with Gasteiger partial charge in [-0.2, -0.15) is 0 Å². The maximum absolute atomic E-state index is 12.7. The number of carbonyl (C=O) groups is 1. The Hall–Kier alpha value is -2.38. The molecule has 1 N–H and O–H groups in total. The van der Waals surface area contributed by atoms with Gasteiger partial charge >= 0.3 is 0 Å². The molecule has 2 aromatic heterocycles. The molecule has 3 atom stereocenters. The van der Waals surface area contributed by atoms with Crippen LogP contribution in [0.25, 0.3) is 0 Å². The van der Waals surface area contributed by atoms with Crippen LogP contribution < -0.4 is 5.32 Å². The molecule has 0 saturated carbocycles. The summed E-state index contributed by atoms with van der Waals surface area (Å²) in [6.45, 7) is 2.29. The van der Waals surface area contributed by atoms with Crippen LogP contribution in [0.3, 0.4) is 0 Å². The lowest BCUT2D eigenvalue weighted by atomic mass is 9.89. The number of anilines is 1. The molecule has 0 spiro atoms. The fourth-order valence-corrected chi connectivity index (χ4v) is 3.74. The van der Waals surface area contributed by atoms with E-state index in [9.17, 15) is 4.79 Å². The van der Waals surface area contributed by atoms with Crippen LogP contribution in [0.15, 0.2) is 43.1 Å². The van der Waals surface area contributed by atoms with Gasteiger partial charge in [0.05, 0.1) is 18.2 Å².